The highest BCUT2D eigenvalue weighted by Gasteiger charge is 2.34. The van der Waals surface area contributed by atoms with E-state index in [9.17, 15) is 18.3 Å². The van der Waals surface area contributed by atoms with Gasteiger partial charge in [-0.1, -0.05) is 12.1 Å². The number of nitrogens with one attached hydrogen (secondary N) is 2. The number of alkyl halides is 3. The maximum atomic E-state index is 12.5. The number of aliphatic hydroxyl groups is 1. The van der Waals surface area contributed by atoms with E-state index in [-0.39, 0.29) is 18.6 Å². The second-order valence-corrected chi connectivity index (χ2v) is 7.86. The van der Waals surface area contributed by atoms with E-state index in [0.717, 1.165) is 17.7 Å². The molecule has 1 saturated heterocycles. The normalized spacial score (nSPS) is 19.2. The highest BCUT2D eigenvalue weighted by molar-refractivity contribution is 5.79. The Labute approximate surface area is 176 Å². The number of halogens is 3. The van der Waals surface area contributed by atoms with E-state index in [0.29, 0.717) is 32.1 Å². The molecule has 30 heavy (non-hydrogen) atoms. The smallest absolute Gasteiger partial charge is 0.401 e. The van der Waals surface area contributed by atoms with Crippen molar-refractivity contribution >= 4 is 5.96 Å². The van der Waals surface area contributed by atoms with Crippen molar-refractivity contribution in [2.24, 2.45) is 10.9 Å². The van der Waals surface area contributed by atoms with Crippen LogP contribution in [0.2, 0.25) is 0 Å². The second-order valence-electron chi connectivity index (χ2n) is 7.86. The van der Waals surface area contributed by atoms with Crippen LogP contribution < -0.4 is 15.4 Å². The zero-order chi connectivity index (χ0) is 22.1. The first-order chi connectivity index (χ1) is 14.2. The van der Waals surface area contributed by atoms with Crippen LogP contribution in [0, 0.1) is 5.92 Å². The summed E-state index contributed by atoms with van der Waals surface area (Å²) in [7, 11) is 0. The zero-order valence-corrected chi connectivity index (χ0v) is 17.9. The van der Waals surface area contributed by atoms with Crippen LogP contribution in [0.1, 0.15) is 38.9 Å². The van der Waals surface area contributed by atoms with Gasteiger partial charge in [-0.25, -0.2) is 0 Å². The van der Waals surface area contributed by atoms with Crippen LogP contribution in [0.25, 0.3) is 0 Å². The number of ether oxygens (including phenoxy) is 1. The second kappa shape index (κ2) is 11.4. The van der Waals surface area contributed by atoms with Crippen molar-refractivity contribution < 1.29 is 23.0 Å². The predicted molar refractivity (Wildman–Crippen MR) is 112 cm³/mol. The Morgan fingerprint density at radius 2 is 1.97 bits per heavy atom. The summed E-state index contributed by atoms with van der Waals surface area (Å²) in [5.41, 5.74) is 0.740. The molecule has 0 amide bonds. The number of rotatable bonds is 9. The molecule has 1 aliphatic rings. The van der Waals surface area contributed by atoms with Crippen LogP contribution in [-0.4, -0.2) is 67.5 Å². The monoisotopic (exact) mass is 430 g/mol. The van der Waals surface area contributed by atoms with Crippen molar-refractivity contribution in [3.8, 4) is 5.75 Å². The van der Waals surface area contributed by atoms with Gasteiger partial charge in [-0.15, -0.1) is 0 Å². The van der Waals surface area contributed by atoms with Gasteiger partial charge in [0.25, 0.3) is 0 Å². The summed E-state index contributed by atoms with van der Waals surface area (Å²) in [6.07, 6.45) is -4.12. The molecule has 2 atom stereocenters. The van der Waals surface area contributed by atoms with Gasteiger partial charge in [-0.05, 0) is 57.4 Å². The van der Waals surface area contributed by atoms with Crippen molar-refractivity contribution in [1.82, 2.24) is 15.5 Å². The van der Waals surface area contributed by atoms with Gasteiger partial charge >= 0.3 is 6.18 Å². The molecule has 3 N–H and O–H groups in total. The van der Waals surface area contributed by atoms with Crippen LogP contribution in [0.3, 0.4) is 0 Å². The molecule has 2 rings (SSSR count). The molecule has 0 radical (unpaired) electrons. The van der Waals surface area contributed by atoms with Crippen LogP contribution in [0.5, 0.6) is 5.75 Å². The number of hydrogen-bond donors (Lipinski definition) is 3. The molecule has 1 aromatic carbocycles. The Hall–Kier alpha value is -2.00. The molecule has 0 spiro atoms. The predicted octanol–water partition coefficient (Wildman–Crippen LogP) is 2.95. The van der Waals surface area contributed by atoms with Crippen molar-refractivity contribution in [3.05, 3.63) is 29.8 Å². The number of likely N-dealkylation sites (tertiary alicyclic amines) is 1. The average Bonchev–Trinajstić information content (AvgIpc) is 3.09. The van der Waals surface area contributed by atoms with Gasteiger partial charge in [-0.3, -0.25) is 9.89 Å². The summed E-state index contributed by atoms with van der Waals surface area (Å²) in [6.45, 7) is 7.20. The number of benzene rings is 1. The highest BCUT2D eigenvalue weighted by Crippen LogP contribution is 2.22. The van der Waals surface area contributed by atoms with Crippen LogP contribution >= 0.6 is 0 Å². The molecule has 2 unspecified atom stereocenters. The van der Waals surface area contributed by atoms with Crippen LogP contribution in [-0.2, 0) is 0 Å². The van der Waals surface area contributed by atoms with E-state index in [1.807, 2.05) is 45.0 Å². The van der Waals surface area contributed by atoms with Crippen molar-refractivity contribution in [3.63, 3.8) is 0 Å². The van der Waals surface area contributed by atoms with Gasteiger partial charge in [-0.2, -0.15) is 13.2 Å². The van der Waals surface area contributed by atoms with E-state index in [1.54, 1.807) is 0 Å². The lowest BCUT2D eigenvalue weighted by Gasteiger charge is -2.19. The van der Waals surface area contributed by atoms with Crippen LogP contribution in [0.4, 0.5) is 13.2 Å². The van der Waals surface area contributed by atoms with Gasteiger partial charge < -0.3 is 20.5 Å². The number of aliphatic imine (C=N–C) groups is 1. The zero-order valence-electron chi connectivity index (χ0n) is 17.9. The molecular formula is C21H33F3N4O2. The summed E-state index contributed by atoms with van der Waals surface area (Å²) in [4.78, 5) is 5.86. The summed E-state index contributed by atoms with van der Waals surface area (Å²) < 4.78 is 43.2. The number of aliphatic hydroxyl groups excluding tert-OH is 1. The fraction of sp³-hybridized carbons (Fsp3) is 0.667. The Balaban J connectivity index is 1.83. The third kappa shape index (κ3) is 8.79. The summed E-state index contributed by atoms with van der Waals surface area (Å²) in [5, 5.41) is 16.7. The van der Waals surface area contributed by atoms with Gasteiger partial charge in [0, 0.05) is 19.6 Å². The molecule has 0 aromatic heterocycles. The molecule has 170 valence electrons. The van der Waals surface area contributed by atoms with Gasteiger partial charge in [0.2, 0.25) is 0 Å². The molecular weight excluding hydrogens is 397 g/mol. The van der Waals surface area contributed by atoms with E-state index in [2.05, 4.69) is 15.6 Å². The van der Waals surface area contributed by atoms with Gasteiger partial charge in [0.15, 0.2) is 5.96 Å². The van der Waals surface area contributed by atoms with Crippen molar-refractivity contribution in [2.75, 3.05) is 39.3 Å². The third-order valence-corrected chi connectivity index (χ3v) is 4.73. The SMILES string of the molecule is CCNC(=NCC(O)c1ccc(OC(C)C)cc1)NCC1CCN(CC(F)(F)F)C1. The highest BCUT2D eigenvalue weighted by atomic mass is 19.4. The van der Waals surface area contributed by atoms with Crippen molar-refractivity contribution in [1.29, 1.82) is 0 Å². The third-order valence-electron chi connectivity index (χ3n) is 4.73. The van der Waals surface area contributed by atoms with E-state index in [1.165, 1.54) is 4.90 Å². The minimum absolute atomic E-state index is 0.0829. The number of hydrogen-bond acceptors (Lipinski definition) is 4. The van der Waals surface area contributed by atoms with Crippen molar-refractivity contribution in [2.45, 2.75) is 45.6 Å². The topological polar surface area (TPSA) is 69.1 Å². The lowest BCUT2D eigenvalue weighted by atomic mass is 10.1. The van der Waals surface area contributed by atoms with E-state index < -0.39 is 18.8 Å². The minimum atomic E-state index is -4.16. The summed E-state index contributed by atoms with van der Waals surface area (Å²) in [5.74, 6) is 1.43. The Morgan fingerprint density at radius 1 is 1.27 bits per heavy atom. The van der Waals surface area contributed by atoms with Gasteiger partial charge in [0.05, 0.1) is 25.3 Å². The molecule has 1 heterocycles. The lowest BCUT2D eigenvalue weighted by molar-refractivity contribution is -0.143. The van der Waals surface area contributed by atoms with Crippen LogP contribution in [0.15, 0.2) is 29.3 Å². The quantitative estimate of drug-likeness (QED) is 0.415. The lowest BCUT2D eigenvalue weighted by Crippen LogP contribution is -2.41. The largest absolute Gasteiger partial charge is 0.491 e. The number of guanidine groups is 1. The molecule has 0 bridgehead atoms. The maximum absolute atomic E-state index is 12.5. The molecule has 6 nitrogen and oxygen atoms in total. The first-order valence-corrected chi connectivity index (χ1v) is 10.4. The number of nitrogens with zero attached hydrogens (tertiary/aromatic N) is 2. The molecule has 1 aromatic rings. The Bertz CT molecular complexity index is 665. The first kappa shape index (κ1) is 24.3. The Morgan fingerprint density at radius 3 is 2.57 bits per heavy atom. The average molecular weight is 431 g/mol. The fourth-order valence-corrected chi connectivity index (χ4v) is 3.38. The summed E-state index contributed by atoms with van der Waals surface area (Å²) in [6, 6.07) is 7.26. The fourth-order valence-electron chi connectivity index (χ4n) is 3.38. The standard InChI is InChI=1S/C21H33F3N4O2/c1-4-25-20(26-11-16-9-10-28(13-16)14-21(22,23)24)27-12-19(29)17-5-7-18(8-6-17)30-15(2)3/h5-8,15-16,19,29H,4,9-14H2,1-3H3,(H2,25,26,27). The minimum Gasteiger partial charge on any atom is -0.491 e. The Kier molecular flexibility index (Phi) is 9.23. The summed E-state index contributed by atoms with van der Waals surface area (Å²) >= 11 is 0. The molecule has 9 heteroatoms. The maximum Gasteiger partial charge on any atom is 0.401 e. The molecule has 0 saturated carbocycles. The van der Waals surface area contributed by atoms with Gasteiger partial charge in [0.1, 0.15) is 5.75 Å². The molecule has 1 aliphatic heterocycles. The van der Waals surface area contributed by atoms with E-state index >= 15 is 0 Å². The molecule has 0 aliphatic carbocycles. The van der Waals surface area contributed by atoms with E-state index in [4.69, 9.17) is 4.74 Å². The first-order valence-electron chi connectivity index (χ1n) is 10.4. The molecule has 1 fully saturated rings.